The molecule has 0 aliphatic heterocycles. The minimum atomic E-state index is -0.121. The van der Waals surface area contributed by atoms with Gasteiger partial charge in [-0.3, -0.25) is 4.79 Å². The lowest BCUT2D eigenvalue weighted by molar-refractivity contribution is -0.146. The number of likely N-dealkylation sites (N-methyl/N-ethyl adjacent to an activating group) is 1. The highest BCUT2D eigenvalue weighted by Crippen LogP contribution is 2.13. The van der Waals surface area contributed by atoms with Crippen molar-refractivity contribution in [2.24, 2.45) is 0 Å². The number of carbonyl (C=O) groups excluding carboxylic acids is 1. The molecule has 0 heterocycles. The Kier molecular flexibility index (Phi) is 17.3. The molecule has 0 radical (unpaired) electrons. The van der Waals surface area contributed by atoms with Gasteiger partial charge in [0.2, 0.25) is 0 Å². The highest BCUT2D eigenvalue weighted by atomic mass is 16.5. The number of ether oxygens (including phenoxy) is 1. The van der Waals surface area contributed by atoms with Gasteiger partial charge in [0.15, 0.2) is 0 Å². The maximum absolute atomic E-state index is 11.8. The van der Waals surface area contributed by atoms with E-state index in [4.69, 9.17) is 4.74 Å². The Bertz CT molecular complexity index is 256. The standard InChI is InChI=1S/C20H41NO2/c1-4-6-7-8-9-10-11-12-13-14-15-16-17-19(21-3)20(22)23-18-5-2/h19,21H,4-18H2,1-3H3. The second kappa shape index (κ2) is 17.8. The second-order valence-corrected chi connectivity index (χ2v) is 6.69. The smallest absolute Gasteiger partial charge is 0.323 e. The summed E-state index contributed by atoms with van der Waals surface area (Å²) in [5, 5.41) is 3.08. The van der Waals surface area contributed by atoms with Crippen LogP contribution in [0.2, 0.25) is 0 Å². The lowest BCUT2D eigenvalue weighted by Gasteiger charge is -2.14. The molecule has 3 heteroatoms. The van der Waals surface area contributed by atoms with Gasteiger partial charge in [-0.2, -0.15) is 0 Å². The van der Waals surface area contributed by atoms with Gasteiger partial charge in [-0.25, -0.2) is 0 Å². The Labute approximate surface area is 144 Å². The molecule has 0 aliphatic carbocycles. The van der Waals surface area contributed by atoms with E-state index in [2.05, 4.69) is 12.2 Å². The first-order valence-corrected chi connectivity index (χ1v) is 10.1. The van der Waals surface area contributed by atoms with Crippen LogP contribution in [-0.4, -0.2) is 25.7 Å². The van der Waals surface area contributed by atoms with Gasteiger partial charge in [0.1, 0.15) is 6.04 Å². The Morgan fingerprint density at radius 3 is 1.70 bits per heavy atom. The lowest BCUT2D eigenvalue weighted by Crippen LogP contribution is -2.35. The summed E-state index contributed by atoms with van der Waals surface area (Å²) < 4.78 is 5.20. The normalized spacial score (nSPS) is 12.3. The first kappa shape index (κ1) is 22.4. The summed E-state index contributed by atoms with van der Waals surface area (Å²) in [6.45, 7) is 4.83. The van der Waals surface area contributed by atoms with Gasteiger partial charge >= 0.3 is 5.97 Å². The van der Waals surface area contributed by atoms with Crippen molar-refractivity contribution in [1.29, 1.82) is 0 Å². The van der Waals surface area contributed by atoms with Crippen LogP contribution in [0.4, 0.5) is 0 Å². The SMILES string of the molecule is CCCCCCCCCCCCCCC(NC)C(=O)OCCC. The van der Waals surface area contributed by atoms with Crippen molar-refractivity contribution in [3.05, 3.63) is 0 Å². The Balaban J connectivity index is 3.35. The van der Waals surface area contributed by atoms with Crippen molar-refractivity contribution < 1.29 is 9.53 Å². The van der Waals surface area contributed by atoms with Crippen LogP contribution in [0.3, 0.4) is 0 Å². The van der Waals surface area contributed by atoms with E-state index in [1.165, 1.54) is 70.6 Å². The van der Waals surface area contributed by atoms with Crippen molar-refractivity contribution in [3.8, 4) is 0 Å². The van der Waals surface area contributed by atoms with Gasteiger partial charge in [0, 0.05) is 0 Å². The van der Waals surface area contributed by atoms with E-state index >= 15 is 0 Å². The van der Waals surface area contributed by atoms with Crippen LogP contribution < -0.4 is 5.32 Å². The highest BCUT2D eigenvalue weighted by molar-refractivity contribution is 5.75. The summed E-state index contributed by atoms with van der Waals surface area (Å²) in [5.41, 5.74) is 0. The molecule has 0 saturated heterocycles. The number of esters is 1. The molecule has 0 aliphatic rings. The predicted octanol–water partition coefficient (Wildman–Crippen LogP) is 5.62. The third-order valence-corrected chi connectivity index (χ3v) is 4.43. The Morgan fingerprint density at radius 1 is 0.783 bits per heavy atom. The first-order valence-electron chi connectivity index (χ1n) is 10.1. The van der Waals surface area contributed by atoms with Gasteiger partial charge in [-0.1, -0.05) is 90.9 Å². The van der Waals surface area contributed by atoms with E-state index in [9.17, 15) is 4.79 Å². The summed E-state index contributed by atoms with van der Waals surface area (Å²) in [4.78, 5) is 11.8. The van der Waals surface area contributed by atoms with Crippen LogP contribution in [0.1, 0.15) is 104 Å². The van der Waals surface area contributed by atoms with Crippen molar-refractivity contribution in [1.82, 2.24) is 5.32 Å². The van der Waals surface area contributed by atoms with E-state index in [1.807, 2.05) is 14.0 Å². The molecule has 0 fully saturated rings. The van der Waals surface area contributed by atoms with Crippen LogP contribution in [-0.2, 0) is 9.53 Å². The maximum Gasteiger partial charge on any atom is 0.323 e. The quantitative estimate of drug-likeness (QED) is 0.278. The van der Waals surface area contributed by atoms with E-state index in [0.29, 0.717) is 6.61 Å². The van der Waals surface area contributed by atoms with Gasteiger partial charge in [0.25, 0.3) is 0 Å². The molecular weight excluding hydrogens is 286 g/mol. The number of hydrogen-bond acceptors (Lipinski definition) is 3. The zero-order valence-electron chi connectivity index (χ0n) is 16.0. The van der Waals surface area contributed by atoms with Crippen molar-refractivity contribution in [3.63, 3.8) is 0 Å². The Morgan fingerprint density at radius 2 is 1.26 bits per heavy atom. The summed E-state index contributed by atoms with van der Waals surface area (Å²) >= 11 is 0. The molecule has 1 atom stereocenters. The second-order valence-electron chi connectivity index (χ2n) is 6.69. The van der Waals surface area contributed by atoms with E-state index < -0.39 is 0 Å². The molecule has 0 aromatic rings. The molecule has 0 amide bonds. The summed E-state index contributed by atoms with van der Waals surface area (Å²) in [6, 6.07) is -0.121. The molecule has 0 saturated carbocycles. The van der Waals surface area contributed by atoms with Crippen LogP contribution in [0.25, 0.3) is 0 Å². The monoisotopic (exact) mass is 327 g/mol. The first-order chi connectivity index (χ1) is 11.3. The zero-order chi connectivity index (χ0) is 17.2. The van der Waals surface area contributed by atoms with E-state index in [0.717, 1.165) is 19.3 Å². The highest BCUT2D eigenvalue weighted by Gasteiger charge is 2.16. The number of hydrogen-bond donors (Lipinski definition) is 1. The van der Waals surface area contributed by atoms with Crippen molar-refractivity contribution in [2.45, 2.75) is 110 Å². The molecule has 1 unspecified atom stereocenters. The topological polar surface area (TPSA) is 38.3 Å². The molecule has 23 heavy (non-hydrogen) atoms. The minimum Gasteiger partial charge on any atom is -0.465 e. The molecule has 0 bridgehead atoms. The minimum absolute atomic E-state index is 0.0857. The fraction of sp³-hybridized carbons (Fsp3) is 0.950. The van der Waals surface area contributed by atoms with Crippen LogP contribution >= 0.6 is 0 Å². The van der Waals surface area contributed by atoms with Gasteiger partial charge < -0.3 is 10.1 Å². The average Bonchev–Trinajstić information content (AvgIpc) is 2.57. The third kappa shape index (κ3) is 14.7. The molecule has 3 nitrogen and oxygen atoms in total. The summed E-state index contributed by atoms with van der Waals surface area (Å²) in [7, 11) is 1.85. The average molecular weight is 328 g/mol. The lowest BCUT2D eigenvalue weighted by atomic mass is 10.0. The van der Waals surface area contributed by atoms with Gasteiger partial charge in [-0.05, 0) is 19.9 Å². The van der Waals surface area contributed by atoms with E-state index in [1.54, 1.807) is 0 Å². The Hall–Kier alpha value is -0.570. The molecule has 0 aromatic carbocycles. The molecular formula is C20H41NO2. The molecule has 0 rings (SSSR count). The number of rotatable bonds is 17. The molecule has 0 spiro atoms. The predicted molar refractivity (Wildman–Crippen MR) is 99.8 cm³/mol. The zero-order valence-corrected chi connectivity index (χ0v) is 16.0. The van der Waals surface area contributed by atoms with Crippen LogP contribution in [0, 0.1) is 0 Å². The van der Waals surface area contributed by atoms with Crippen LogP contribution in [0.15, 0.2) is 0 Å². The van der Waals surface area contributed by atoms with Crippen LogP contribution in [0.5, 0.6) is 0 Å². The molecule has 1 N–H and O–H groups in total. The molecule has 138 valence electrons. The summed E-state index contributed by atoms with van der Waals surface area (Å²) in [5.74, 6) is -0.0857. The summed E-state index contributed by atoms with van der Waals surface area (Å²) in [6.07, 6.45) is 18.0. The third-order valence-electron chi connectivity index (χ3n) is 4.43. The van der Waals surface area contributed by atoms with E-state index in [-0.39, 0.29) is 12.0 Å². The molecule has 0 aromatic heterocycles. The largest absolute Gasteiger partial charge is 0.465 e. The van der Waals surface area contributed by atoms with Crippen molar-refractivity contribution >= 4 is 5.97 Å². The number of unbranched alkanes of at least 4 members (excludes halogenated alkanes) is 11. The number of nitrogens with one attached hydrogen (secondary N) is 1. The van der Waals surface area contributed by atoms with Gasteiger partial charge in [0.05, 0.1) is 6.61 Å². The maximum atomic E-state index is 11.8. The fourth-order valence-corrected chi connectivity index (χ4v) is 2.87. The van der Waals surface area contributed by atoms with Gasteiger partial charge in [-0.15, -0.1) is 0 Å². The van der Waals surface area contributed by atoms with Crippen molar-refractivity contribution in [2.75, 3.05) is 13.7 Å². The fourth-order valence-electron chi connectivity index (χ4n) is 2.87. The number of carbonyl (C=O) groups is 1.